The zero-order chi connectivity index (χ0) is 14.0. The molecule has 3 heteroatoms. The second kappa shape index (κ2) is 10.3. The van der Waals surface area contributed by atoms with Gasteiger partial charge in [0.15, 0.2) is 5.78 Å². The number of hydrogen-bond donors (Lipinski definition) is 1. The number of likely N-dealkylation sites (N-methyl/N-ethyl adjacent to an activating group) is 1. The van der Waals surface area contributed by atoms with Crippen molar-refractivity contribution in [2.45, 2.75) is 58.6 Å². The fourth-order valence-electron chi connectivity index (χ4n) is 2.20. The lowest BCUT2D eigenvalue weighted by Gasteiger charge is -2.29. The number of ether oxygens (including phenoxy) is 1. The van der Waals surface area contributed by atoms with E-state index in [2.05, 4.69) is 25.2 Å². The van der Waals surface area contributed by atoms with E-state index >= 15 is 0 Å². The molecule has 0 aromatic rings. The molecule has 3 nitrogen and oxygen atoms in total. The summed E-state index contributed by atoms with van der Waals surface area (Å²) < 4.78 is 5.55. The summed E-state index contributed by atoms with van der Waals surface area (Å²) in [7, 11) is 3.52. The highest BCUT2D eigenvalue weighted by atomic mass is 16.5. The van der Waals surface area contributed by atoms with Crippen LogP contribution in [0, 0.1) is 5.92 Å². The number of unbranched alkanes of at least 4 members (excludes halogenated alkanes) is 1. The summed E-state index contributed by atoms with van der Waals surface area (Å²) in [6, 6.07) is -0.193. The van der Waals surface area contributed by atoms with Gasteiger partial charge in [0.25, 0.3) is 0 Å². The zero-order valence-corrected chi connectivity index (χ0v) is 12.5. The summed E-state index contributed by atoms with van der Waals surface area (Å²) in [5.41, 5.74) is 0. The van der Waals surface area contributed by atoms with Gasteiger partial charge in [-0.05, 0) is 32.7 Å². The highest BCUT2D eigenvalue weighted by Gasteiger charge is 2.29. The zero-order valence-electron chi connectivity index (χ0n) is 12.5. The molecule has 0 rings (SSSR count). The minimum Gasteiger partial charge on any atom is -0.379 e. The number of nitrogens with one attached hydrogen (secondary N) is 1. The Kier molecular flexibility index (Phi) is 9.89. The van der Waals surface area contributed by atoms with Crippen molar-refractivity contribution in [3.63, 3.8) is 0 Å². The Morgan fingerprint density at radius 2 is 2.11 bits per heavy atom. The van der Waals surface area contributed by atoms with E-state index in [9.17, 15) is 4.79 Å². The number of Topliss-reactive ketones (excluding diaryl/α,β-unsaturated/α-hetero) is 1. The van der Waals surface area contributed by atoms with Crippen LogP contribution in [-0.2, 0) is 9.53 Å². The Balaban J connectivity index is 4.59. The number of carbonyl (C=O) groups is 1. The monoisotopic (exact) mass is 255 g/mol. The summed E-state index contributed by atoms with van der Waals surface area (Å²) in [4.78, 5) is 12.2. The standard InChI is InChI=1S/C15H29NO2/c1-6-8-10-12(3)15(18-5)14(16-4)13(17)11-9-7-2/h6,8,12,14-16H,7,9-11H2,1-5H3/b8-6+. The minimum atomic E-state index is -0.193. The third-order valence-electron chi connectivity index (χ3n) is 3.34. The third kappa shape index (κ3) is 5.78. The molecule has 0 fully saturated rings. The van der Waals surface area contributed by atoms with Gasteiger partial charge >= 0.3 is 0 Å². The van der Waals surface area contributed by atoms with Crippen molar-refractivity contribution in [1.82, 2.24) is 5.32 Å². The van der Waals surface area contributed by atoms with Crippen LogP contribution in [0.15, 0.2) is 12.2 Å². The van der Waals surface area contributed by atoms with Crippen LogP contribution in [0.25, 0.3) is 0 Å². The highest BCUT2D eigenvalue weighted by Crippen LogP contribution is 2.17. The first kappa shape index (κ1) is 17.3. The number of rotatable bonds is 10. The normalized spacial score (nSPS) is 16.7. The lowest BCUT2D eigenvalue weighted by atomic mass is 9.90. The molecule has 0 saturated heterocycles. The molecule has 1 N–H and O–H groups in total. The first-order valence-electron chi connectivity index (χ1n) is 6.96. The van der Waals surface area contributed by atoms with Crippen LogP contribution in [0.4, 0.5) is 0 Å². The van der Waals surface area contributed by atoms with Crippen molar-refractivity contribution >= 4 is 5.78 Å². The Morgan fingerprint density at radius 1 is 1.44 bits per heavy atom. The highest BCUT2D eigenvalue weighted by molar-refractivity contribution is 5.84. The van der Waals surface area contributed by atoms with E-state index in [1.165, 1.54) is 0 Å². The molecule has 0 aromatic heterocycles. The molecule has 0 aliphatic rings. The summed E-state index contributed by atoms with van der Waals surface area (Å²) in [5.74, 6) is 0.591. The second-order valence-corrected chi connectivity index (χ2v) is 4.82. The quantitative estimate of drug-likeness (QED) is 0.610. The predicted molar refractivity (Wildman–Crippen MR) is 76.8 cm³/mol. The molecule has 0 bridgehead atoms. The van der Waals surface area contributed by atoms with Gasteiger partial charge in [-0.25, -0.2) is 0 Å². The Bertz CT molecular complexity index is 251. The molecule has 0 aliphatic carbocycles. The molecule has 0 radical (unpaired) electrons. The van der Waals surface area contributed by atoms with Crippen LogP contribution in [0.3, 0.4) is 0 Å². The molecule has 0 aliphatic heterocycles. The van der Waals surface area contributed by atoms with E-state index < -0.39 is 0 Å². The molecular weight excluding hydrogens is 226 g/mol. The van der Waals surface area contributed by atoms with E-state index in [0.717, 1.165) is 19.3 Å². The van der Waals surface area contributed by atoms with Crippen LogP contribution in [0.1, 0.15) is 46.5 Å². The van der Waals surface area contributed by atoms with Crippen LogP contribution in [-0.4, -0.2) is 32.1 Å². The third-order valence-corrected chi connectivity index (χ3v) is 3.34. The predicted octanol–water partition coefficient (Wildman–Crippen LogP) is 2.95. The average Bonchev–Trinajstić information content (AvgIpc) is 2.39. The second-order valence-electron chi connectivity index (χ2n) is 4.82. The fourth-order valence-corrected chi connectivity index (χ4v) is 2.20. The lowest BCUT2D eigenvalue weighted by Crippen LogP contribution is -2.48. The maximum atomic E-state index is 12.2. The van der Waals surface area contributed by atoms with Gasteiger partial charge in [0.1, 0.15) is 0 Å². The smallest absolute Gasteiger partial charge is 0.152 e. The molecule has 106 valence electrons. The summed E-state index contributed by atoms with van der Waals surface area (Å²) in [5, 5.41) is 3.12. The minimum absolute atomic E-state index is 0.0597. The van der Waals surface area contributed by atoms with Crippen molar-refractivity contribution in [2.75, 3.05) is 14.2 Å². The molecule has 0 aromatic carbocycles. The summed E-state index contributed by atoms with van der Waals surface area (Å²) >= 11 is 0. The van der Waals surface area contributed by atoms with Crippen molar-refractivity contribution in [2.24, 2.45) is 5.92 Å². The number of hydrogen-bond acceptors (Lipinski definition) is 3. The number of carbonyl (C=O) groups excluding carboxylic acids is 1. The fraction of sp³-hybridized carbons (Fsp3) is 0.800. The summed E-state index contributed by atoms with van der Waals surface area (Å²) in [6.07, 6.45) is 7.68. The molecule has 0 spiro atoms. The first-order valence-corrected chi connectivity index (χ1v) is 6.96. The van der Waals surface area contributed by atoms with E-state index in [1.54, 1.807) is 7.11 Å². The van der Waals surface area contributed by atoms with Gasteiger partial charge in [-0.15, -0.1) is 0 Å². The van der Waals surface area contributed by atoms with Crippen LogP contribution >= 0.6 is 0 Å². The number of methoxy groups -OCH3 is 1. The van der Waals surface area contributed by atoms with Crippen molar-refractivity contribution in [1.29, 1.82) is 0 Å². The van der Waals surface area contributed by atoms with Gasteiger partial charge < -0.3 is 10.1 Å². The van der Waals surface area contributed by atoms with Crippen LogP contribution < -0.4 is 5.32 Å². The van der Waals surface area contributed by atoms with Gasteiger partial charge in [-0.2, -0.15) is 0 Å². The number of ketones is 1. The van der Waals surface area contributed by atoms with E-state index in [4.69, 9.17) is 4.74 Å². The topological polar surface area (TPSA) is 38.3 Å². The van der Waals surface area contributed by atoms with Crippen LogP contribution in [0.2, 0.25) is 0 Å². The van der Waals surface area contributed by atoms with Gasteiger partial charge in [0, 0.05) is 13.5 Å². The maximum absolute atomic E-state index is 12.2. The van der Waals surface area contributed by atoms with E-state index in [1.807, 2.05) is 20.0 Å². The molecular formula is C15H29NO2. The van der Waals surface area contributed by atoms with Crippen molar-refractivity contribution < 1.29 is 9.53 Å². The average molecular weight is 255 g/mol. The van der Waals surface area contributed by atoms with E-state index in [-0.39, 0.29) is 17.9 Å². The lowest BCUT2D eigenvalue weighted by molar-refractivity contribution is -0.125. The van der Waals surface area contributed by atoms with Gasteiger partial charge in [0.05, 0.1) is 12.1 Å². The Labute approximate surface area is 112 Å². The molecule has 0 heterocycles. The number of allylic oxidation sites excluding steroid dienone is 2. The molecule has 3 atom stereocenters. The Hall–Kier alpha value is -0.670. The molecule has 18 heavy (non-hydrogen) atoms. The SMILES string of the molecule is C/C=C/CC(C)C(OC)C(NC)C(=O)CCCC. The van der Waals surface area contributed by atoms with E-state index in [0.29, 0.717) is 12.3 Å². The first-order chi connectivity index (χ1) is 8.62. The van der Waals surface area contributed by atoms with Gasteiger partial charge in [0.2, 0.25) is 0 Å². The van der Waals surface area contributed by atoms with Gasteiger partial charge in [-0.3, -0.25) is 4.79 Å². The van der Waals surface area contributed by atoms with Crippen molar-refractivity contribution in [3.05, 3.63) is 12.2 Å². The molecule has 3 unspecified atom stereocenters. The Morgan fingerprint density at radius 3 is 2.56 bits per heavy atom. The molecule has 0 amide bonds. The molecule has 0 saturated carbocycles. The van der Waals surface area contributed by atoms with Crippen molar-refractivity contribution in [3.8, 4) is 0 Å². The van der Waals surface area contributed by atoms with Gasteiger partial charge in [-0.1, -0.05) is 32.4 Å². The maximum Gasteiger partial charge on any atom is 0.152 e. The summed E-state index contributed by atoms with van der Waals surface area (Å²) in [6.45, 7) is 6.24. The van der Waals surface area contributed by atoms with Crippen LogP contribution in [0.5, 0.6) is 0 Å². The largest absolute Gasteiger partial charge is 0.379 e.